The van der Waals surface area contributed by atoms with Crippen molar-refractivity contribution in [3.8, 4) is 0 Å². The molecule has 7 heteroatoms. The van der Waals surface area contributed by atoms with E-state index in [9.17, 15) is 18.0 Å². The molecule has 1 aliphatic rings. The Morgan fingerprint density at radius 3 is 2.50 bits per heavy atom. The summed E-state index contributed by atoms with van der Waals surface area (Å²) in [6, 6.07) is 2.42. The van der Waals surface area contributed by atoms with E-state index >= 15 is 0 Å². The van der Waals surface area contributed by atoms with Crippen LogP contribution in [0.2, 0.25) is 0 Å². The third-order valence-electron chi connectivity index (χ3n) is 3.34. The van der Waals surface area contributed by atoms with Gasteiger partial charge in [-0.15, -0.1) is 0 Å². The van der Waals surface area contributed by atoms with E-state index in [-0.39, 0.29) is 5.91 Å². The average Bonchev–Trinajstić information content (AvgIpc) is 2.63. The minimum Gasteiger partial charge on any atom is -0.368 e. The number of rotatable bonds is 1. The van der Waals surface area contributed by atoms with E-state index in [2.05, 4.69) is 4.98 Å². The van der Waals surface area contributed by atoms with E-state index in [1.54, 1.807) is 4.90 Å². The van der Waals surface area contributed by atoms with Crippen LogP contribution in [0.1, 0.15) is 19.0 Å². The van der Waals surface area contributed by atoms with E-state index in [0.717, 1.165) is 12.5 Å². The van der Waals surface area contributed by atoms with Gasteiger partial charge in [0.2, 0.25) is 5.91 Å². The van der Waals surface area contributed by atoms with Crippen LogP contribution in [0.3, 0.4) is 0 Å². The molecule has 1 aromatic heterocycles. The third kappa shape index (κ3) is 3.40. The molecule has 0 radical (unpaired) electrons. The van der Waals surface area contributed by atoms with Gasteiger partial charge in [-0.1, -0.05) is 0 Å². The molecule has 20 heavy (non-hydrogen) atoms. The highest BCUT2D eigenvalue weighted by Crippen LogP contribution is 2.28. The standard InChI is InChI=1S/C13H16F3N3O/c1-10(20)18-5-2-6-19(8-7-18)11-3-4-12(17-9-11)13(14,15)16/h3-4,9H,2,5-8H2,1H3. The summed E-state index contributed by atoms with van der Waals surface area (Å²) in [6.07, 6.45) is -2.38. The Bertz CT molecular complexity index is 473. The normalized spacial score (nSPS) is 17.0. The van der Waals surface area contributed by atoms with Crippen molar-refractivity contribution in [2.75, 3.05) is 31.1 Å². The summed E-state index contributed by atoms with van der Waals surface area (Å²) in [5, 5.41) is 0. The number of aromatic nitrogens is 1. The lowest BCUT2D eigenvalue weighted by Gasteiger charge is -2.23. The molecule has 0 bridgehead atoms. The molecule has 0 atom stereocenters. The van der Waals surface area contributed by atoms with Crippen molar-refractivity contribution in [1.29, 1.82) is 0 Å². The number of carbonyl (C=O) groups excluding carboxylic acids is 1. The van der Waals surface area contributed by atoms with Crippen molar-refractivity contribution in [1.82, 2.24) is 9.88 Å². The number of pyridine rings is 1. The second-order valence-electron chi connectivity index (χ2n) is 4.75. The predicted molar refractivity (Wildman–Crippen MR) is 68.3 cm³/mol. The summed E-state index contributed by atoms with van der Waals surface area (Å²) in [7, 11) is 0. The second-order valence-corrected chi connectivity index (χ2v) is 4.75. The first-order valence-electron chi connectivity index (χ1n) is 6.41. The summed E-state index contributed by atoms with van der Waals surface area (Å²) in [5.74, 6) is 0.0254. The highest BCUT2D eigenvalue weighted by atomic mass is 19.4. The SMILES string of the molecule is CC(=O)N1CCCN(c2ccc(C(F)(F)F)nc2)CC1. The number of hydrogen-bond acceptors (Lipinski definition) is 3. The largest absolute Gasteiger partial charge is 0.433 e. The Labute approximate surface area is 115 Å². The Morgan fingerprint density at radius 1 is 1.20 bits per heavy atom. The maximum Gasteiger partial charge on any atom is 0.433 e. The van der Waals surface area contributed by atoms with E-state index in [0.29, 0.717) is 31.9 Å². The zero-order chi connectivity index (χ0) is 14.8. The summed E-state index contributed by atoms with van der Waals surface area (Å²) < 4.78 is 37.3. The summed E-state index contributed by atoms with van der Waals surface area (Å²) in [5.41, 5.74) is -0.232. The van der Waals surface area contributed by atoms with Gasteiger partial charge in [-0.3, -0.25) is 4.79 Å². The highest BCUT2D eigenvalue weighted by Gasteiger charge is 2.32. The van der Waals surface area contributed by atoms with Gasteiger partial charge < -0.3 is 9.80 Å². The van der Waals surface area contributed by atoms with Crippen LogP contribution in [0.15, 0.2) is 18.3 Å². The number of halogens is 3. The van der Waals surface area contributed by atoms with Gasteiger partial charge in [-0.25, -0.2) is 4.98 Å². The lowest BCUT2D eigenvalue weighted by Crippen LogP contribution is -2.33. The van der Waals surface area contributed by atoms with Crippen LogP contribution >= 0.6 is 0 Å². The van der Waals surface area contributed by atoms with E-state index in [1.165, 1.54) is 19.2 Å². The Hall–Kier alpha value is -1.79. The van der Waals surface area contributed by atoms with Gasteiger partial charge >= 0.3 is 6.18 Å². The van der Waals surface area contributed by atoms with Gasteiger partial charge in [-0.2, -0.15) is 13.2 Å². The zero-order valence-corrected chi connectivity index (χ0v) is 11.2. The van der Waals surface area contributed by atoms with Gasteiger partial charge in [0.15, 0.2) is 0 Å². The Morgan fingerprint density at radius 2 is 1.95 bits per heavy atom. The number of nitrogens with zero attached hydrogens (tertiary/aromatic N) is 3. The first-order valence-corrected chi connectivity index (χ1v) is 6.41. The molecule has 1 amide bonds. The molecular weight excluding hydrogens is 271 g/mol. The molecule has 0 spiro atoms. The van der Waals surface area contributed by atoms with Gasteiger partial charge in [-0.05, 0) is 18.6 Å². The maximum absolute atomic E-state index is 12.4. The summed E-state index contributed by atoms with van der Waals surface area (Å²) in [4.78, 5) is 18.5. The zero-order valence-electron chi connectivity index (χ0n) is 11.2. The van der Waals surface area contributed by atoms with Crippen molar-refractivity contribution in [3.05, 3.63) is 24.0 Å². The molecule has 1 fully saturated rings. The minimum absolute atomic E-state index is 0.0254. The number of amides is 1. The van der Waals surface area contributed by atoms with Crippen molar-refractivity contribution >= 4 is 11.6 Å². The number of anilines is 1. The van der Waals surface area contributed by atoms with E-state index < -0.39 is 11.9 Å². The topological polar surface area (TPSA) is 36.4 Å². The first-order chi connectivity index (χ1) is 9.38. The van der Waals surface area contributed by atoms with Crippen molar-refractivity contribution in [2.45, 2.75) is 19.5 Å². The molecule has 0 aromatic carbocycles. The van der Waals surface area contributed by atoms with Gasteiger partial charge in [0.05, 0.1) is 11.9 Å². The molecule has 2 rings (SSSR count). The molecule has 110 valence electrons. The van der Waals surface area contributed by atoms with Gasteiger partial charge in [0, 0.05) is 33.1 Å². The number of carbonyl (C=O) groups is 1. The molecule has 1 saturated heterocycles. The van der Waals surface area contributed by atoms with Crippen LogP contribution in [0.4, 0.5) is 18.9 Å². The summed E-state index contributed by atoms with van der Waals surface area (Å²) in [6.45, 7) is 4.09. The second kappa shape index (κ2) is 5.68. The molecule has 0 aliphatic carbocycles. The first kappa shape index (κ1) is 14.6. The molecule has 0 saturated carbocycles. The average molecular weight is 287 g/mol. The van der Waals surface area contributed by atoms with Crippen LogP contribution in [0.25, 0.3) is 0 Å². The Kier molecular flexibility index (Phi) is 4.15. The molecule has 2 heterocycles. The fraction of sp³-hybridized carbons (Fsp3) is 0.538. The van der Waals surface area contributed by atoms with E-state index in [1.807, 2.05) is 4.90 Å². The van der Waals surface area contributed by atoms with Crippen molar-refractivity contribution in [2.24, 2.45) is 0 Å². The maximum atomic E-state index is 12.4. The molecular formula is C13H16F3N3O. The van der Waals surface area contributed by atoms with E-state index in [4.69, 9.17) is 0 Å². The molecule has 1 aliphatic heterocycles. The highest BCUT2D eigenvalue weighted by molar-refractivity contribution is 5.73. The van der Waals surface area contributed by atoms with Gasteiger partial charge in [0.1, 0.15) is 5.69 Å². The third-order valence-corrected chi connectivity index (χ3v) is 3.34. The van der Waals surface area contributed by atoms with Crippen LogP contribution < -0.4 is 4.90 Å². The monoisotopic (exact) mass is 287 g/mol. The predicted octanol–water partition coefficient (Wildman–Crippen LogP) is 2.16. The smallest absolute Gasteiger partial charge is 0.368 e. The quantitative estimate of drug-likeness (QED) is 0.794. The van der Waals surface area contributed by atoms with Crippen molar-refractivity contribution in [3.63, 3.8) is 0 Å². The Balaban J connectivity index is 2.06. The summed E-state index contributed by atoms with van der Waals surface area (Å²) >= 11 is 0. The fourth-order valence-corrected chi connectivity index (χ4v) is 2.23. The molecule has 0 unspecified atom stereocenters. The van der Waals surface area contributed by atoms with Crippen LogP contribution in [0.5, 0.6) is 0 Å². The number of hydrogen-bond donors (Lipinski definition) is 0. The van der Waals surface area contributed by atoms with Crippen molar-refractivity contribution < 1.29 is 18.0 Å². The minimum atomic E-state index is -4.41. The van der Waals surface area contributed by atoms with Crippen LogP contribution in [0, 0.1) is 0 Å². The fourth-order valence-electron chi connectivity index (χ4n) is 2.23. The van der Waals surface area contributed by atoms with Crippen LogP contribution in [-0.4, -0.2) is 42.0 Å². The molecule has 1 aromatic rings. The molecule has 0 N–H and O–H groups in total. The van der Waals surface area contributed by atoms with Gasteiger partial charge in [0.25, 0.3) is 0 Å². The lowest BCUT2D eigenvalue weighted by molar-refractivity contribution is -0.141. The molecule has 4 nitrogen and oxygen atoms in total. The van der Waals surface area contributed by atoms with Crippen LogP contribution in [-0.2, 0) is 11.0 Å². The lowest BCUT2D eigenvalue weighted by atomic mass is 10.3. The number of alkyl halides is 3.